The Morgan fingerprint density at radius 1 is 1.05 bits per heavy atom. The minimum atomic E-state index is -0.635. The average molecular weight is 743 g/mol. The molecule has 0 saturated carbocycles. The van der Waals surface area contributed by atoms with E-state index in [0.29, 0.717) is 14.7 Å². The smallest absolute Gasteiger partial charge is 0.287 e. The number of anilines is 1. The molecule has 0 radical (unpaired) electrons. The van der Waals surface area contributed by atoms with Crippen LogP contribution < -0.4 is 15.6 Å². The molecule has 0 unspecified atom stereocenters. The number of phenols is 1. The van der Waals surface area contributed by atoms with Crippen molar-refractivity contribution in [2.24, 2.45) is 5.10 Å². The van der Waals surface area contributed by atoms with Gasteiger partial charge in [-0.05, 0) is 107 Å². The quantitative estimate of drug-likeness (QED) is 0.108. The molecule has 0 aromatic heterocycles. The van der Waals surface area contributed by atoms with Crippen LogP contribution in [0.2, 0.25) is 5.02 Å². The maximum atomic E-state index is 13.1. The average Bonchev–Trinajstić information content (AvgIpc) is 2.88. The van der Waals surface area contributed by atoms with Crippen molar-refractivity contribution in [1.29, 1.82) is 0 Å². The molecular weight excluding hydrogens is 718 g/mol. The van der Waals surface area contributed by atoms with Crippen LogP contribution in [-0.2, 0) is 4.79 Å². The second-order valence-corrected chi connectivity index (χ2v) is 10.6. The molecule has 0 bridgehead atoms. The summed E-state index contributed by atoms with van der Waals surface area (Å²) in [4.78, 5) is 28.2. The first kappa shape index (κ1) is 28.9. The summed E-state index contributed by atoms with van der Waals surface area (Å²) in [5.74, 6) is -1.10. The van der Waals surface area contributed by atoms with Crippen molar-refractivity contribution in [3.8, 4) is 5.75 Å². The van der Waals surface area contributed by atoms with E-state index >= 15 is 0 Å². The van der Waals surface area contributed by atoms with Gasteiger partial charge in [0.1, 0.15) is 11.4 Å². The molecule has 2 amide bonds. The molecule has 0 spiro atoms. The zero-order valence-corrected chi connectivity index (χ0v) is 25.2. The second kappa shape index (κ2) is 13.8. The van der Waals surface area contributed by atoms with E-state index in [2.05, 4.69) is 57.2 Å². The highest BCUT2D eigenvalue weighted by molar-refractivity contribution is 14.1. The molecule has 3 N–H and O–H groups in total. The van der Waals surface area contributed by atoms with Gasteiger partial charge in [0.15, 0.2) is 0 Å². The van der Waals surface area contributed by atoms with Crippen LogP contribution in [0.25, 0.3) is 6.08 Å². The number of halogens is 3. The third-order valence-corrected chi connectivity index (χ3v) is 7.15. The highest BCUT2D eigenvalue weighted by Gasteiger charge is 2.16. The monoisotopic (exact) mass is 742 g/mol. The molecule has 3 aromatic rings. The van der Waals surface area contributed by atoms with Crippen LogP contribution in [0.4, 0.5) is 5.69 Å². The van der Waals surface area contributed by atoms with Gasteiger partial charge in [0.05, 0.1) is 20.4 Å². The van der Waals surface area contributed by atoms with Crippen LogP contribution in [0, 0.1) is 7.14 Å². The maximum Gasteiger partial charge on any atom is 0.287 e. The fraction of sp³-hybridized carbons (Fsp3) is 0.148. The minimum Gasteiger partial charge on any atom is -0.506 e. The van der Waals surface area contributed by atoms with Gasteiger partial charge in [-0.1, -0.05) is 35.9 Å². The first-order chi connectivity index (χ1) is 17.7. The van der Waals surface area contributed by atoms with E-state index in [1.807, 2.05) is 52.9 Å². The third-order valence-electron chi connectivity index (χ3n) is 5.37. The number of nitrogens with zero attached hydrogens (tertiary/aromatic N) is 2. The number of nitrogens with one attached hydrogen (secondary N) is 2. The number of phenolic OH excluding ortho intramolecular Hbond substituents is 1. The molecule has 0 heterocycles. The van der Waals surface area contributed by atoms with Crippen LogP contribution in [-0.4, -0.2) is 36.2 Å². The van der Waals surface area contributed by atoms with Crippen molar-refractivity contribution in [1.82, 2.24) is 10.7 Å². The van der Waals surface area contributed by atoms with Crippen LogP contribution in [0.5, 0.6) is 5.75 Å². The zero-order valence-electron chi connectivity index (χ0n) is 20.1. The Labute approximate surface area is 248 Å². The van der Waals surface area contributed by atoms with E-state index in [-0.39, 0.29) is 22.0 Å². The van der Waals surface area contributed by atoms with Gasteiger partial charge in [0, 0.05) is 27.9 Å². The lowest BCUT2D eigenvalue weighted by Crippen LogP contribution is -2.33. The molecule has 0 saturated heterocycles. The Hall–Kier alpha value is -2.64. The molecule has 3 rings (SSSR count). The molecule has 7 nitrogen and oxygen atoms in total. The van der Waals surface area contributed by atoms with Gasteiger partial charge in [-0.2, -0.15) is 5.10 Å². The Balaban J connectivity index is 1.88. The summed E-state index contributed by atoms with van der Waals surface area (Å²) in [7, 11) is 0. The second-order valence-electron chi connectivity index (χ2n) is 7.78. The number of hydrogen-bond donors (Lipinski definition) is 3. The minimum absolute atomic E-state index is 0.0147. The molecule has 0 fully saturated rings. The fourth-order valence-electron chi connectivity index (χ4n) is 3.44. The first-order valence-corrected chi connectivity index (χ1v) is 13.9. The molecule has 0 aliphatic rings. The Bertz CT molecular complexity index is 1340. The number of amides is 2. The van der Waals surface area contributed by atoms with Crippen molar-refractivity contribution in [2.45, 2.75) is 13.8 Å². The van der Waals surface area contributed by atoms with Crippen LogP contribution in [0.15, 0.2) is 71.5 Å². The molecule has 0 aliphatic carbocycles. The number of rotatable bonds is 9. The summed E-state index contributed by atoms with van der Waals surface area (Å²) in [6.45, 7) is 5.92. The van der Waals surface area contributed by atoms with Crippen molar-refractivity contribution >= 4 is 86.6 Å². The zero-order chi connectivity index (χ0) is 26.9. The summed E-state index contributed by atoms with van der Waals surface area (Å²) in [5, 5.41) is 17.2. The van der Waals surface area contributed by atoms with Gasteiger partial charge < -0.3 is 15.3 Å². The lowest BCUT2D eigenvalue weighted by atomic mass is 10.1. The summed E-state index contributed by atoms with van der Waals surface area (Å²) >= 11 is 10.3. The predicted octanol–water partition coefficient (Wildman–Crippen LogP) is 6.02. The van der Waals surface area contributed by atoms with E-state index in [1.165, 1.54) is 6.21 Å². The Kier molecular flexibility index (Phi) is 10.8. The molecule has 0 aliphatic heterocycles. The molecule has 0 atom stereocenters. The van der Waals surface area contributed by atoms with Crippen molar-refractivity contribution in [2.75, 3.05) is 18.0 Å². The summed E-state index contributed by atoms with van der Waals surface area (Å²) in [5.41, 5.74) is 4.88. The van der Waals surface area contributed by atoms with Crippen LogP contribution in [0.3, 0.4) is 0 Å². The van der Waals surface area contributed by atoms with Gasteiger partial charge in [-0.25, -0.2) is 5.43 Å². The highest BCUT2D eigenvalue weighted by atomic mass is 127. The number of aromatic hydroxyl groups is 1. The lowest BCUT2D eigenvalue weighted by Gasteiger charge is -2.21. The standard InChI is InChI=1S/C27H25ClI2N4O3/c1-3-34(4-2)20-11-9-17(10-12-20)13-24(32-26(36)21-7-5-6-8-22(21)28)27(37)33-31-16-18-14-19(29)15-23(30)25(18)35/h5-16,35H,3-4H2,1-2H3,(H,32,36)(H,33,37)/b24-13+,31-16+. The van der Waals surface area contributed by atoms with E-state index in [9.17, 15) is 14.7 Å². The topological polar surface area (TPSA) is 94.0 Å². The molecule has 37 heavy (non-hydrogen) atoms. The third kappa shape index (κ3) is 7.92. The molecule has 192 valence electrons. The Morgan fingerprint density at radius 2 is 1.73 bits per heavy atom. The van der Waals surface area contributed by atoms with E-state index in [0.717, 1.165) is 22.3 Å². The van der Waals surface area contributed by atoms with Crippen LogP contribution >= 0.6 is 56.8 Å². The van der Waals surface area contributed by atoms with Crippen molar-refractivity contribution < 1.29 is 14.7 Å². The molecule has 3 aromatic carbocycles. The number of hydrogen-bond acceptors (Lipinski definition) is 5. The Morgan fingerprint density at radius 3 is 2.38 bits per heavy atom. The molecule has 10 heteroatoms. The normalized spacial score (nSPS) is 11.4. The van der Waals surface area contributed by atoms with Crippen molar-refractivity contribution in [3.63, 3.8) is 0 Å². The van der Waals surface area contributed by atoms with E-state index in [4.69, 9.17) is 11.6 Å². The highest BCUT2D eigenvalue weighted by Crippen LogP contribution is 2.25. The SMILES string of the molecule is CCN(CC)c1ccc(/C=C(/NC(=O)c2ccccc2Cl)C(=O)N/N=C/c2cc(I)cc(I)c2O)cc1. The fourth-order valence-corrected chi connectivity index (χ4v) is 5.55. The molecular formula is C27H25ClI2N4O3. The predicted molar refractivity (Wildman–Crippen MR) is 166 cm³/mol. The maximum absolute atomic E-state index is 13.1. The summed E-state index contributed by atoms with van der Waals surface area (Å²) in [6.07, 6.45) is 2.92. The van der Waals surface area contributed by atoms with E-state index < -0.39 is 11.8 Å². The van der Waals surface area contributed by atoms with Gasteiger partial charge in [-0.3, -0.25) is 9.59 Å². The van der Waals surface area contributed by atoms with Crippen LogP contribution in [0.1, 0.15) is 35.3 Å². The number of carbonyl (C=O) groups is 2. The van der Waals surface area contributed by atoms with Gasteiger partial charge in [-0.15, -0.1) is 0 Å². The summed E-state index contributed by atoms with van der Waals surface area (Å²) < 4.78 is 1.58. The number of benzene rings is 3. The largest absolute Gasteiger partial charge is 0.506 e. The van der Waals surface area contributed by atoms with E-state index in [1.54, 1.807) is 36.4 Å². The lowest BCUT2D eigenvalue weighted by molar-refractivity contribution is -0.117. The first-order valence-electron chi connectivity index (χ1n) is 11.4. The van der Waals surface area contributed by atoms with Gasteiger partial charge in [0.25, 0.3) is 11.8 Å². The van der Waals surface area contributed by atoms with Gasteiger partial charge in [0.2, 0.25) is 0 Å². The number of carbonyl (C=O) groups excluding carboxylic acids is 2. The van der Waals surface area contributed by atoms with Gasteiger partial charge >= 0.3 is 0 Å². The number of hydrazone groups is 1. The van der Waals surface area contributed by atoms with Crippen molar-refractivity contribution in [3.05, 3.63) is 95.2 Å². The summed E-state index contributed by atoms with van der Waals surface area (Å²) in [6, 6.07) is 17.8.